The maximum Gasteiger partial charge on any atom is 0.262 e. The zero-order valence-corrected chi connectivity index (χ0v) is 23.8. The Labute approximate surface area is 223 Å². The van der Waals surface area contributed by atoms with Gasteiger partial charge in [0.1, 0.15) is 21.4 Å². The molecule has 0 fully saturated rings. The summed E-state index contributed by atoms with van der Waals surface area (Å²) >= 11 is 3.76. The molecule has 0 aliphatic heterocycles. The second-order valence-electron chi connectivity index (χ2n) is 9.38. The first kappa shape index (κ1) is 26.9. The largest absolute Gasteiger partial charge is 0.744 e. The SMILES string of the molecule is CC[n+]1c(C=C2CCC3=C(C=C(C)CC3)C2)sc2ccc(SC)cc21.Cc1ccc(S(=O)(=O)[O-])cc1. The molecule has 7 heteroatoms. The number of thiazole rings is 1. The standard InChI is InChI=1S/C22H26NS2.C7H8O3S/c1-4-23-20-14-19(24-3)9-10-21(20)25-22(23)13-16-6-8-17-7-5-15(2)11-18(17)12-16;1-6-2-4-7(5-3-6)11(8,9)10/h9-11,13-14H,4-8,12H2,1-3H3;2-5H,1H3,(H,8,9,10)/q+1;/p-1. The molecule has 3 aromatic rings. The third-order valence-electron chi connectivity index (χ3n) is 6.75. The summed E-state index contributed by atoms with van der Waals surface area (Å²) < 4.78 is 35.0. The summed E-state index contributed by atoms with van der Waals surface area (Å²) in [4.78, 5) is 1.17. The zero-order chi connectivity index (χ0) is 25.9. The number of allylic oxidation sites excluding steroid dienone is 5. The highest BCUT2D eigenvalue weighted by atomic mass is 32.2. The number of hydrogen-bond acceptors (Lipinski definition) is 5. The number of hydrogen-bond donors (Lipinski definition) is 0. The molecule has 4 nitrogen and oxygen atoms in total. The summed E-state index contributed by atoms with van der Waals surface area (Å²) in [7, 11) is -4.27. The van der Waals surface area contributed by atoms with Gasteiger partial charge in [-0.3, -0.25) is 0 Å². The Morgan fingerprint density at radius 1 is 1.06 bits per heavy atom. The molecule has 0 amide bonds. The van der Waals surface area contributed by atoms with Gasteiger partial charge in [0, 0.05) is 17.0 Å². The van der Waals surface area contributed by atoms with E-state index >= 15 is 0 Å². The fourth-order valence-corrected chi connectivity index (χ4v) is 6.83. The Kier molecular flexibility index (Phi) is 8.56. The van der Waals surface area contributed by atoms with Crippen molar-refractivity contribution in [2.24, 2.45) is 0 Å². The summed E-state index contributed by atoms with van der Waals surface area (Å²) in [6.45, 7) is 7.39. The second-order valence-corrected chi connectivity index (χ2v) is 12.7. The molecule has 36 heavy (non-hydrogen) atoms. The molecule has 1 heterocycles. The predicted octanol–water partition coefficient (Wildman–Crippen LogP) is 7.43. The van der Waals surface area contributed by atoms with Gasteiger partial charge in [-0.2, -0.15) is 4.57 Å². The van der Waals surface area contributed by atoms with Crippen LogP contribution in [0.4, 0.5) is 0 Å². The molecule has 2 aliphatic carbocycles. The van der Waals surface area contributed by atoms with Crippen LogP contribution >= 0.6 is 23.1 Å². The first-order valence-corrected chi connectivity index (χ1v) is 15.7. The Morgan fingerprint density at radius 3 is 2.44 bits per heavy atom. The average Bonchev–Trinajstić information content (AvgIpc) is 3.19. The minimum atomic E-state index is -4.27. The van der Waals surface area contributed by atoms with E-state index in [1.54, 1.807) is 34.4 Å². The lowest BCUT2D eigenvalue weighted by Crippen LogP contribution is -2.33. The third-order valence-corrected chi connectivity index (χ3v) is 9.44. The van der Waals surface area contributed by atoms with E-state index in [0.717, 1.165) is 18.5 Å². The maximum atomic E-state index is 10.4. The Hall–Kier alpha value is -2.19. The van der Waals surface area contributed by atoms with Crippen LogP contribution in [0, 0.1) is 6.92 Å². The average molecular weight is 540 g/mol. The van der Waals surface area contributed by atoms with Gasteiger partial charge < -0.3 is 4.55 Å². The molecule has 0 saturated carbocycles. The molecule has 1 aromatic heterocycles. The van der Waals surface area contributed by atoms with E-state index in [4.69, 9.17) is 0 Å². The zero-order valence-electron chi connectivity index (χ0n) is 21.3. The number of nitrogens with zero attached hydrogens (tertiary/aromatic N) is 1. The van der Waals surface area contributed by atoms with Crippen molar-refractivity contribution >= 4 is 49.5 Å². The normalized spacial score (nSPS) is 17.0. The van der Waals surface area contributed by atoms with Crippen LogP contribution in [0.5, 0.6) is 0 Å². The molecular formula is C29H33NO3S3. The Morgan fingerprint density at radius 2 is 1.78 bits per heavy atom. The van der Waals surface area contributed by atoms with E-state index in [1.807, 2.05) is 30.0 Å². The van der Waals surface area contributed by atoms with Gasteiger partial charge >= 0.3 is 0 Å². The number of thioether (sulfide) groups is 1. The highest BCUT2D eigenvalue weighted by Gasteiger charge is 2.22. The highest BCUT2D eigenvalue weighted by molar-refractivity contribution is 7.98. The van der Waals surface area contributed by atoms with Crippen molar-refractivity contribution in [1.82, 2.24) is 0 Å². The van der Waals surface area contributed by atoms with E-state index in [0.29, 0.717) is 0 Å². The van der Waals surface area contributed by atoms with Gasteiger partial charge in [-0.1, -0.05) is 51.8 Å². The predicted molar refractivity (Wildman–Crippen MR) is 150 cm³/mol. The summed E-state index contributed by atoms with van der Waals surface area (Å²) in [5.41, 5.74) is 8.79. The summed E-state index contributed by atoms with van der Waals surface area (Å²) in [5, 5.41) is 1.41. The van der Waals surface area contributed by atoms with Crippen molar-refractivity contribution in [3.8, 4) is 0 Å². The number of aryl methyl sites for hydroxylation is 2. The van der Waals surface area contributed by atoms with Gasteiger partial charge in [0.15, 0.2) is 0 Å². The van der Waals surface area contributed by atoms with E-state index in [1.165, 1.54) is 57.9 Å². The van der Waals surface area contributed by atoms with Gasteiger partial charge in [0.05, 0.1) is 4.90 Å². The van der Waals surface area contributed by atoms with Gasteiger partial charge in [0.2, 0.25) is 5.52 Å². The third kappa shape index (κ3) is 6.38. The molecule has 0 N–H and O–H groups in total. The van der Waals surface area contributed by atoms with Crippen LogP contribution in [0.25, 0.3) is 16.3 Å². The highest BCUT2D eigenvalue weighted by Crippen LogP contribution is 2.38. The first-order chi connectivity index (χ1) is 17.2. The molecule has 190 valence electrons. The smallest absolute Gasteiger partial charge is 0.262 e. The quantitative estimate of drug-likeness (QED) is 0.196. The molecule has 0 atom stereocenters. The van der Waals surface area contributed by atoms with E-state index in [2.05, 4.69) is 55.0 Å². The fraction of sp³-hybridized carbons (Fsp3) is 0.345. The maximum absolute atomic E-state index is 10.4. The van der Waals surface area contributed by atoms with Crippen molar-refractivity contribution < 1.29 is 17.5 Å². The molecular weight excluding hydrogens is 507 g/mol. The molecule has 0 radical (unpaired) electrons. The number of benzene rings is 2. The van der Waals surface area contributed by atoms with Gasteiger partial charge in [-0.25, -0.2) is 8.42 Å². The summed E-state index contributed by atoms with van der Waals surface area (Å²) in [6, 6.07) is 12.7. The molecule has 0 bridgehead atoms. The summed E-state index contributed by atoms with van der Waals surface area (Å²) in [6.07, 6.45) is 13.3. The van der Waals surface area contributed by atoms with Crippen molar-refractivity contribution in [3.63, 3.8) is 0 Å². The number of aromatic nitrogens is 1. The monoisotopic (exact) mass is 539 g/mol. The minimum absolute atomic E-state index is 0.178. The van der Waals surface area contributed by atoms with Gasteiger partial charge in [0.25, 0.3) is 5.01 Å². The second kappa shape index (κ2) is 11.5. The van der Waals surface area contributed by atoms with Crippen LogP contribution < -0.4 is 4.57 Å². The van der Waals surface area contributed by atoms with Gasteiger partial charge in [-0.05, 0) is 89.0 Å². The molecule has 0 unspecified atom stereocenters. The lowest BCUT2D eigenvalue weighted by molar-refractivity contribution is -0.665. The lowest BCUT2D eigenvalue weighted by atomic mass is 9.81. The van der Waals surface area contributed by atoms with E-state index in [-0.39, 0.29) is 4.90 Å². The van der Waals surface area contributed by atoms with Crippen LogP contribution in [0.1, 0.15) is 56.5 Å². The molecule has 0 saturated heterocycles. The minimum Gasteiger partial charge on any atom is -0.744 e. The fourth-order valence-electron chi connectivity index (χ4n) is 4.73. The van der Waals surface area contributed by atoms with Crippen LogP contribution in [0.2, 0.25) is 0 Å². The summed E-state index contributed by atoms with van der Waals surface area (Å²) in [5.74, 6) is 0. The first-order valence-electron chi connectivity index (χ1n) is 12.3. The van der Waals surface area contributed by atoms with Crippen LogP contribution in [-0.2, 0) is 16.7 Å². The molecule has 2 aromatic carbocycles. The van der Waals surface area contributed by atoms with Crippen LogP contribution in [-0.4, -0.2) is 19.2 Å². The van der Waals surface area contributed by atoms with Crippen molar-refractivity contribution in [2.45, 2.75) is 69.2 Å². The Balaban J connectivity index is 0.000000233. The van der Waals surface area contributed by atoms with Crippen LogP contribution in [0.15, 0.2) is 80.6 Å². The van der Waals surface area contributed by atoms with E-state index < -0.39 is 10.1 Å². The number of fused-ring (bicyclic) bond motifs is 1. The van der Waals surface area contributed by atoms with E-state index in [9.17, 15) is 13.0 Å². The van der Waals surface area contributed by atoms with Crippen molar-refractivity contribution in [3.05, 3.63) is 81.4 Å². The molecule has 0 spiro atoms. The van der Waals surface area contributed by atoms with Gasteiger partial charge in [-0.15, -0.1) is 11.8 Å². The topological polar surface area (TPSA) is 61.1 Å². The Bertz CT molecular complexity index is 1460. The van der Waals surface area contributed by atoms with Crippen molar-refractivity contribution in [2.75, 3.05) is 6.26 Å². The molecule has 2 aliphatic rings. The van der Waals surface area contributed by atoms with Crippen LogP contribution in [0.3, 0.4) is 0 Å². The van der Waals surface area contributed by atoms with Crippen molar-refractivity contribution in [1.29, 1.82) is 0 Å². The number of rotatable bonds is 4. The molecule has 5 rings (SSSR count). The lowest BCUT2D eigenvalue weighted by Gasteiger charge is -2.24.